The fourth-order valence-electron chi connectivity index (χ4n) is 2.17. The second kappa shape index (κ2) is 4.72. The summed E-state index contributed by atoms with van der Waals surface area (Å²) in [5.41, 5.74) is 3.05. The van der Waals surface area contributed by atoms with Crippen molar-refractivity contribution in [3.63, 3.8) is 0 Å². The van der Waals surface area contributed by atoms with E-state index in [4.69, 9.17) is 23.2 Å². The maximum Gasteiger partial charge on any atom is 0.152 e. The number of rotatable bonds is 2. The summed E-state index contributed by atoms with van der Waals surface area (Å²) in [6.45, 7) is 0. The quantitative estimate of drug-likeness (QED) is 0.665. The Hall–Kier alpha value is -1.77. The smallest absolute Gasteiger partial charge is 0.152 e. The van der Waals surface area contributed by atoms with Gasteiger partial charge in [-0.15, -0.1) is 0 Å². The van der Waals surface area contributed by atoms with Crippen LogP contribution >= 0.6 is 23.2 Å². The summed E-state index contributed by atoms with van der Waals surface area (Å²) in [5.74, 6) is 0. The first-order valence-corrected chi connectivity index (χ1v) is 6.47. The van der Waals surface area contributed by atoms with Crippen molar-refractivity contribution in [2.45, 2.75) is 0 Å². The molecule has 0 aliphatic carbocycles. The molecule has 0 radical (unpaired) electrons. The predicted octanol–water partition coefficient (Wildman–Crippen LogP) is 4.95. The number of H-pyrrole nitrogens is 1. The topological polar surface area (TPSA) is 32.9 Å². The first-order chi connectivity index (χ1) is 9.20. The molecule has 0 saturated carbocycles. The number of fused-ring (bicyclic) bond motifs is 1. The highest BCUT2D eigenvalue weighted by atomic mass is 35.5. The Labute approximate surface area is 120 Å². The van der Waals surface area contributed by atoms with Crippen LogP contribution in [0.1, 0.15) is 10.4 Å². The zero-order valence-corrected chi connectivity index (χ0v) is 11.3. The first kappa shape index (κ1) is 12.3. The lowest BCUT2D eigenvalue weighted by Gasteiger charge is -1.99. The molecular formula is C15H9Cl2NO. The predicted molar refractivity (Wildman–Crippen MR) is 79.1 cm³/mol. The molecule has 1 aromatic heterocycles. The van der Waals surface area contributed by atoms with Crippen molar-refractivity contribution in [1.82, 2.24) is 4.98 Å². The Bertz CT molecular complexity index is 760. The average molecular weight is 290 g/mol. The number of benzene rings is 2. The molecule has 0 aliphatic heterocycles. The van der Waals surface area contributed by atoms with Gasteiger partial charge in [0.15, 0.2) is 6.29 Å². The first-order valence-electron chi connectivity index (χ1n) is 5.72. The van der Waals surface area contributed by atoms with Crippen LogP contribution < -0.4 is 0 Å². The highest BCUT2D eigenvalue weighted by Gasteiger charge is 2.13. The third kappa shape index (κ3) is 2.03. The number of halogens is 2. The molecule has 2 nitrogen and oxygen atoms in total. The Kier molecular flexibility index (Phi) is 3.05. The van der Waals surface area contributed by atoms with Crippen LogP contribution in [0.5, 0.6) is 0 Å². The van der Waals surface area contributed by atoms with E-state index in [0.29, 0.717) is 15.6 Å². The van der Waals surface area contributed by atoms with E-state index in [9.17, 15) is 4.79 Å². The van der Waals surface area contributed by atoms with E-state index in [-0.39, 0.29) is 0 Å². The monoisotopic (exact) mass is 289 g/mol. The zero-order valence-electron chi connectivity index (χ0n) is 9.78. The van der Waals surface area contributed by atoms with Gasteiger partial charge in [-0.25, -0.2) is 0 Å². The van der Waals surface area contributed by atoms with Gasteiger partial charge in [-0.3, -0.25) is 4.79 Å². The van der Waals surface area contributed by atoms with E-state index in [0.717, 1.165) is 28.4 Å². The van der Waals surface area contributed by atoms with Gasteiger partial charge < -0.3 is 4.98 Å². The average Bonchev–Trinajstić information content (AvgIpc) is 2.79. The Morgan fingerprint density at radius 2 is 1.74 bits per heavy atom. The molecule has 1 heterocycles. The SMILES string of the molecule is O=Cc1c(-c2ccc(Cl)cc2)[nH]c2c(Cl)cccc12. The van der Waals surface area contributed by atoms with Crippen LogP contribution in [0, 0.1) is 0 Å². The van der Waals surface area contributed by atoms with Crippen molar-refractivity contribution < 1.29 is 4.79 Å². The van der Waals surface area contributed by atoms with E-state index in [2.05, 4.69) is 4.98 Å². The molecule has 94 valence electrons. The Morgan fingerprint density at radius 1 is 1.00 bits per heavy atom. The van der Waals surface area contributed by atoms with Crippen LogP contribution in [0.2, 0.25) is 10.0 Å². The number of carbonyl (C=O) groups is 1. The van der Waals surface area contributed by atoms with Crippen molar-refractivity contribution in [3.8, 4) is 11.3 Å². The van der Waals surface area contributed by atoms with Crippen molar-refractivity contribution in [2.24, 2.45) is 0 Å². The molecule has 0 bridgehead atoms. The number of hydrogen-bond donors (Lipinski definition) is 1. The molecule has 2 aromatic carbocycles. The molecule has 0 spiro atoms. The minimum absolute atomic E-state index is 0.598. The lowest BCUT2D eigenvalue weighted by atomic mass is 10.1. The molecule has 0 amide bonds. The van der Waals surface area contributed by atoms with E-state index in [1.807, 2.05) is 24.3 Å². The third-order valence-corrected chi connectivity index (χ3v) is 3.64. The van der Waals surface area contributed by atoms with Crippen LogP contribution in [0.4, 0.5) is 0 Å². The van der Waals surface area contributed by atoms with Crippen LogP contribution in [0.15, 0.2) is 42.5 Å². The molecule has 0 unspecified atom stereocenters. The van der Waals surface area contributed by atoms with E-state index >= 15 is 0 Å². The third-order valence-electron chi connectivity index (χ3n) is 3.07. The van der Waals surface area contributed by atoms with E-state index in [1.165, 1.54) is 0 Å². The van der Waals surface area contributed by atoms with Gasteiger partial charge in [-0.2, -0.15) is 0 Å². The van der Waals surface area contributed by atoms with Crippen molar-refractivity contribution in [2.75, 3.05) is 0 Å². The molecule has 3 rings (SSSR count). The second-order valence-electron chi connectivity index (χ2n) is 4.20. The van der Waals surface area contributed by atoms with Crippen LogP contribution in [0.25, 0.3) is 22.2 Å². The lowest BCUT2D eigenvalue weighted by Crippen LogP contribution is -1.84. The molecule has 0 saturated heterocycles. The second-order valence-corrected chi connectivity index (χ2v) is 5.04. The van der Waals surface area contributed by atoms with Crippen LogP contribution in [-0.2, 0) is 0 Å². The van der Waals surface area contributed by atoms with Crippen LogP contribution in [-0.4, -0.2) is 11.3 Å². The molecule has 19 heavy (non-hydrogen) atoms. The number of aldehydes is 1. The Balaban J connectivity index is 2.32. The molecule has 3 aromatic rings. The Morgan fingerprint density at radius 3 is 2.42 bits per heavy atom. The zero-order chi connectivity index (χ0) is 13.4. The number of para-hydroxylation sites is 1. The molecule has 0 fully saturated rings. The molecule has 1 N–H and O–H groups in total. The summed E-state index contributed by atoms with van der Waals surface area (Å²) in [6.07, 6.45) is 0.846. The van der Waals surface area contributed by atoms with Crippen molar-refractivity contribution >= 4 is 40.4 Å². The van der Waals surface area contributed by atoms with Crippen molar-refractivity contribution in [1.29, 1.82) is 0 Å². The highest BCUT2D eigenvalue weighted by molar-refractivity contribution is 6.35. The maximum absolute atomic E-state index is 11.4. The number of nitrogens with one attached hydrogen (secondary N) is 1. The molecule has 4 heteroatoms. The fraction of sp³-hybridized carbons (Fsp3) is 0. The summed E-state index contributed by atoms with van der Waals surface area (Å²) in [6, 6.07) is 12.8. The largest absolute Gasteiger partial charge is 0.353 e. The summed E-state index contributed by atoms with van der Waals surface area (Å²) in [5, 5.41) is 2.08. The van der Waals surface area contributed by atoms with Gasteiger partial charge in [0.25, 0.3) is 0 Å². The van der Waals surface area contributed by atoms with Crippen LogP contribution in [0.3, 0.4) is 0 Å². The summed E-state index contributed by atoms with van der Waals surface area (Å²) in [4.78, 5) is 14.6. The van der Waals surface area contributed by atoms with Crippen molar-refractivity contribution in [3.05, 3.63) is 58.1 Å². The molecular weight excluding hydrogens is 281 g/mol. The minimum atomic E-state index is 0.598. The summed E-state index contributed by atoms with van der Waals surface area (Å²) >= 11 is 12.0. The minimum Gasteiger partial charge on any atom is -0.353 e. The van der Waals surface area contributed by atoms with Gasteiger partial charge in [0.1, 0.15) is 0 Å². The molecule has 0 atom stereocenters. The van der Waals surface area contributed by atoms with Gasteiger partial charge in [0.05, 0.1) is 16.2 Å². The normalized spacial score (nSPS) is 10.8. The van der Waals surface area contributed by atoms with Gasteiger partial charge >= 0.3 is 0 Å². The van der Waals surface area contributed by atoms with Gasteiger partial charge in [-0.05, 0) is 23.8 Å². The lowest BCUT2D eigenvalue weighted by molar-refractivity contribution is 0.112. The standard InChI is InChI=1S/C15H9Cl2NO/c16-10-6-4-9(5-7-10)14-12(8-19)11-2-1-3-13(17)15(11)18-14/h1-8,18H. The molecule has 0 aliphatic rings. The number of hydrogen-bond acceptors (Lipinski definition) is 1. The summed E-state index contributed by atoms with van der Waals surface area (Å²) < 4.78 is 0. The highest BCUT2D eigenvalue weighted by Crippen LogP contribution is 2.32. The van der Waals surface area contributed by atoms with Gasteiger partial charge in [-0.1, -0.05) is 47.5 Å². The number of aromatic nitrogens is 1. The van der Waals surface area contributed by atoms with E-state index in [1.54, 1.807) is 18.2 Å². The number of aromatic amines is 1. The number of carbonyl (C=O) groups excluding carboxylic acids is 1. The van der Waals surface area contributed by atoms with Gasteiger partial charge in [0, 0.05) is 16.0 Å². The van der Waals surface area contributed by atoms with E-state index < -0.39 is 0 Å². The summed E-state index contributed by atoms with van der Waals surface area (Å²) in [7, 11) is 0. The van der Waals surface area contributed by atoms with Gasteiger partial charge in [0.2, 0.25) is 0 Å². The maximum atomic E-state index is 11.4. The fourth-order valence-corrected chi connectivity index (χ4v) is 2.52.